The number of nitrogens with zero attached hydrogens (tertiary/aromatic N) is 1. The van der Waals surface area contributed by atoms with E-state index in [9.17, 15) is 44.6 Å². The summed E-state index contributed by atoms with van der Waals surface area (Å²) in [6.07, 6.45) is -7.47. The number of rotatable bonds is 9. The quantitative estimate of drug-likeness (QED) is 0.278. The molecular weight excluding hydrogens is 509 g/mol. The molecule has 1 N–H and O–H groups in total. The highest BCUT2D eigenvalue weighted by Crippen LogP contribution is 2.26. The third-order valence-electron chi connectivity index (χ3n) is 4.72. The summed E-state index contributed by atoms with van der Waals surface area (Å²) in [7, 11) is 0. The topological polar surface area (TPSA) is 41.9 Å². The fourth-order valence-corrected chi connectivity index (χ4v) is 3.15. The second-order valence-electron chi connectivity index (χ2n) is 7.70. The fourth-order valence-electron chi connectivity index (χ4n) is 3.15. The van der Waals surface area contributed by atoms with Crippen LogP contribution in [-0.4, -0.2) is 54.6 Å². The molecule has 0 fully saturated rings. The van der Waals surface area contributed by atoms with Crippen molar-refractivity contribution in [3.8, 4) is 0 Å². The van der Waals surface area contributed by atoms with E-state index >= 15 is 0 Å². The van der Waals surface area contributed by atoms with Gasteiger partial charge in [-0.05, 0) is 42.2 Å². The molecule has 0 aromatic rings. The van der Waals surface area contributed by atoms with Crippen molar-refractivity contribution >= 4 is 0 Å². The average molecular weight is 531 g/mol. The molecule has 2 aliphatic carbocycles. The summed E-state index contributed by atoms with van der Waals surface area (Å²) in [6.45, 7) is -0.345. The van der Waals surface area contributed by atoms with Crippen LogP contribution >= 0.6 is 0 Å². The number of halogens is 9. The molecule has 13 heteroatoms. The minimum Gasteiger partial charge on any atom is -0.410 e. The van der Waals surface area contributed by atoms with Crippen molar-refractivity contribution in [1.29, 1.82) is 0 Å². The van der Waals surface area contributed by atoms with Crippen molar-refractivity contribution in [2.24, 2.45) is 0 Å². The molecular formula is C23H22F9NO3. The molecule has 0 bridgehead atoms. The van der Waals surface area contributed by atoms with Crippen LogP contribution in [0.2, 0.25) is 0 Å². The van der Waals surface area contributed by atoms with Crippen LogP contribution in [0.5, 0.6) is 0 Å². The summed E-state index contributed by atoms with van der Waals surface area (Å²) < 4.78 is 121. The van der Waals surface area contributed by atoms with Gasteiger partial charge in [0.2, 0.25) is 0 Å². The van der Waals surface area contributed by atoms with Gasteiger partial charge in [0.15, 0.2) is 11.9 Å². The van der Waals surface area contributed by atoms with E-state index in [4.69, 9.17) is 0 Å². The van der Waals surface area contributed by atoms with Gasteiger partial charge in [0, 0.05) is 26.1 Å². The number of hydrogen-bond acceptors (Lipinski definition) is 4. The zero-order valence-corrected chi connectivity index (χ0v) is 18.6. The van der Waals surface area contributed by atoms with E-state index in [1.165, 1.54) is 35.3 Å². The van der Waals surface area contributed by atoms with Gasteiger partial charge in [-0.25, -0.2) is 0 Å². The van der Waals surface area contributed by atoms with Crippen molar-refractivity contribution in [2.75, 3.05) is 19.6 Å². The third kappa shape index (κ3) is 11.7. The highest BCUT2D eigenvalue weighted by Gasteiger charge is 2.38. The lowest BCUT2D eigenvalue weighted by Gasteiger charge is -2.25. The van der Waals surface area contributed by atoms with Crippen molar-refractivity contribution in [3.05, 3.63) is 77.0 Å². The molecule has 0 saturated heterocycles. The zero-order valence-electron chi connectivity index (χ0n) is 18.6. The Morgan fingerprint density at radius 1 is 0.917 bits per heavy atom. The predicted octanol–water partition coefficient (Wildman–Crippen LogP) is 6.37. The molecule has 0 amide bonds. The lowest BCUT2D eigenvalue weighted by atomic mass is 10.1. The second-order valence-corrected chi connectivity index (χ2v) is 7.70. The van der Waals surface area contributed by atoms with E-state index in [0.29, 0.717) is 11.1 Å². The van der Waals surface area contributed by atoms with E-state index in [1.54, 1.807) is 6.08 Å². The standard InChI is InChI=1S/C23H22F9NO3/c24-21(25,26)20(34)12-13-33(15-17-5-3-7-19(11-9-17)36-23(30,31)32)14-16-4-1-2-6-18(10-8-16)35-22(27,28)29/h2-9,20,34H,1,11-15H2/b6-2-,16-4+. The second kappa shape index (κ2) is 12.4. The molecule has 0 aliphatic heterocycles. The van der Waals surface area contributed by atoms with Gasteiger partial charge in [0.25, 0.3) is 0 Å². The van der Waals surface area contributed by atoms with E-state index in [2.05, 4.69) is 15.2 Å². The van der Waals surface area contributed by atoms with E-state index in [-0.39, 0.29) is 38.2 Å². The van der Waals surface area contributed by atoms with Crippen LogP contribution in [0.25, 0.3) is 0 Å². The molecule has 1 atom stereocenters. The normalized spacial score (nSPS) is 20.3. The Morgan fingerprint density at radius 3 is 2.22 bits per heavy atom. The first-order chi connectivity index (χ1) is 16.6. The van der Waals surface area contributed by atoms with Crippen molar-refractivity contribution in [2.45, 2.75) is 44.3 Å². The lowest BCUT2D eigenvalue weighted by molar-refractivity contribution is -0.306. The average Bonchev–Trinajstić information content (AvgIpc) is 2.92. The highest BCUT2D eigenvalue weighted by molar-refractivity contribution is 5.31. The van der Waals surface area contributed by atoms with Crippen LogP contribution in [0.1, 0.15) is 19.3 Å². The van der Waals surface area contributed by atoms with Crippen LogP contribution in [0.4, 0.5) is 39.5 Å². The van der Waals surface area contributed by atoms with Crippen LogP contribution in [-0.2, 0) is 9.47 Å². The number of hydrogen-bond donors (Lipinski definition) is 1. The molecule has 0 saturated carbocycles. The first kappa shape index (κ1) is 29.3. The number of allylic oxidation sites excluding steroid dienone is 5. The first-order valence-electron chi connectivity index (χ1n) is 10.5. The summed E-state index contributed by atoms with van der Waals surface area (Å²) in [5.41, 5.74) is 3.21. The van der Waals surface area contributed by atoms with Crippen LogP contribution in [0, 0.1) is 0 Å². The van der Waals surface area contributed by atoms with Crippen LogP contribution < -0.4 is 0 Å². The Labute approximate surface area is 200 Å². The Morgan fingerprint density at radius 2 is 1.58 bits per heavy atom. The zero-order chi connectivity index (χ0) is 27.0. The lowest BCUT2D eigenvalue weighted by Crippen LogP contribution is -2.35. The predicted molar refractivity (Wildman–Crippen MR) is 111 cm³/mol. The molecule has 0 aromatic carbocycles. The maximum absolute atomic E-state index is 12.8. The largest absolute Gasteiger partial charge is 0.573 e. The van der Waals surface area contributed by atoms with E-state index < -0.39 is 37.2 Å². The van der Waals surface area contributed by atoms with Crippen LogP contribution in [0.15, 0.2) is 77.0 Å². The Bertz CT molecular complexity index is 976. The summed E-state index contributed by atoms with van der Waals surface area (Å²) in [5, 5.41) is 9.38. The van der Waals surface area contributed by atoms with Gasteiger partial charge in [0.1, 0.15) is 5.76 Å². The number of alkyl halides is 9. The minimum atomic E-state index is -4.94. The summed E-state index contributed by atoms with van der Waals surface area (Å²) in [5.74, 6) is -0.989. The van der Waals surface area contributed by atoms with Gasteiger partial charge in [-0.3, -0.25) is 4.90 Å². The van der Waals surface area contributed by atoms with Gasteiger partial charge in [0.05, 0.1) is 0 Å². The Kier molecular flexibility index (Phi) is 10.1. The molecule has 200 valence electrons. The molecule has 36 heavy (non-hydrogen) atoms. The van der Waals surface area contributed by atoms with Gasteiger partial charge >= 0.3 is 18.9 Å². The highest BCUT2D eigenvalue weighted by atomic mass is 19.4. The third-order valence-corrected chi connectivity index (χ3v) is 4.72. The fraction of sp³-hybridized carbons (Fsp3) is 0.435. The van der Waals surface area contributed by atoms with Crippen molar-refractivity contribution in [1.82, 2.24) is 4.90 Å². The van der Waals surface area contributed by atoms with Gasteiger partial charge in [-0.2, -0.15) is 13.2 Å². The minimum absolute atomic E-state index is 0.0230. The van der Waals surface area contributed by atoms with Gasteiger partial charge < -0.3 is 14.6 Å². The molecule has 0 aromatic heterocycles. The van der Waals surface area contributed by atoms with Gasteiger partial charge in [-0.15, -0.1) is 26.3 Å². The van der Waals surface area contributed by atoms with Gasteiger partial charge in [-0.1, -0.05) is 36.1 Å². The van der Waals surface area contributed by atoms with E-state index in [1.807, 2.05) is 0 Å². The Hall–Kier alpha value is -2.89. The smallest absolute Gasteiger partial charge is 0.410 e. The molecule has 0 heterocycles. The maximum atomic E-state index is 12.8. The van der Waals surface area contributed by atoms with E-state index in [0.717, 1.165) is 12.2 Å². The monoisotopic (exact) mass is 531 g/mol. The maximum Gasteiger partial charge on any atom is 0.573 e. The molecule has 0 radical (unpaired) electrons. The molecule has 0 spiro atoms. The summed E-state index contributed by atoms with van der Waals surface area (Å²) in [6, 6.07) is 0. The van der Waals surface area contributed by atoms with Crippen molar-refractivity contribution in [3.63, 3.8) is 0 Å². The Balaban J connectivity index is 2.18. The molecule has 4 nitrogen and oxygen atoms in total. The number of aliphatic hydroxyl groups is 1. The number of ether oxygens (including phenoxy) is 2. The number of aliphatic hydroxyl groups excluding tert-OH is 1. The van der Waals surface area contributed by atoms with Crippen molar-refractivity contribution < 1.29 is 54.1 Å². The summed E-state index contributed by atoms with van der Waals surface area (Å²) in [4.78, 5) is 1.47. The first-order valence-corrected chi connectivity index (χ1v) is 10.5. The molecule has 2 rings (SSSR count). The molecule has 1 unspecified atom stereocenters. The summed E-state index contributed by atoms with van der Waals surface area (Å²) >= 11 is 0. The SMILES string of the molecule is OC(CCN(CC1=CCC(OC(F)(F)F)=CC=C1)C/C1=C/C/C=C\C(OC(F)(F)F)=C=C1)C(F)(F)F. The van der Waals surface area contributed by atoms with Crippen LogP contribution in [0.3, 0.4) is 0 Å². The molecule has 2 aliphatic rings.